The van der Waals surface area contributed by atoms with E-state index in [1.54, 1.807) is 0 Å². The SMILES string of the molecule is CCCNC(CC1CCSCC1)C1CCC(C)C(C)C1. The lowest BCUT2D eigenvalue weighted by Crippen LogP contribution is -2.41. The normalized spacial score (nSPS) is 34.0. The summed E-state index contributed by atoms with van der Waals surface area (Å²) in [6, 6.07) is 0.804. The molecule has 1 aliphatic heterocycles. The lowest BCUT2D eigenvalue weighted by Gasteiger charge is -2.39. The van der Waals surface area contributed by atoms with Crippen molar-refractivity contribution in [2.45, 2.75) is 71.8 Å². The Kier molecular flexibility index (Phi) is 7.24. The molecule has 0 aromatic carbocycles. The van der Waals surface area contributed by atoms with Gasteiger partial charge in [0.05, 0.1) is 0 Å². The molecule has 118 valence electrons. The van der Waals surface area contributed by atoms with Crippen LogP contribution in [0.4, 0.5) is 0 Å². The molecule has 0 aromatic heterocycles. The van der Waals surface area contributed by atoms with Crippen molar-refractivity contribution >= 4 is 11.8 Å². The zero-order chi connectivity index (χ0) is 14.4. The molecule has 4 atom stereocenters. The highest BCUT2D eigenvalue weighted by Crippen LogP contribution is 2.37. The van der Waals surface area contributed by atoms with Gasteiger partial charge in [0, 0.05) is 6.04 Å². The summed E-state index contributed by atoms with van der Waals surface area (Å²) in [4.78, 5) is 0. The molecule has 0 bridgehead atoms. The second-order valence-electron chi connectivity index (χ2n) is 7.38. The van der Waals surface area contributed by atoms with Gasteiger partial charge in [0.2, 0.25) is 0 Å². The third kappa shape index (κ3) is 4.94. The lowest BCUT2D eigenvalue weighted by atomic mass is 9.71. The van der Waals surface area contributed by atoms with E-state index in [0.29, 0.717) is 0 Å². The summed E-state index contributed by atoms with van der Waals surface area (Å²) < 4.78 is 0. The van der Waals surface area contributed by atoms with Gasteiger partial charge < -0.3 is 5.32 Å². The first-order valence-corrected chi connectivity index (χ1v) is 10.2. The van der Waals surface area contributed by atoms with Crippen molar-refractivity contribution in [3.8, 4) is 0 Å². The van der Waals surface area contributed by atoms with E-state index in [0.717, 1.165) is 29.7 Å². The van der Waals surface area contributed by atoms with E-state index in [4.69, 9.17) is 0 Å². The van der Waals surface area contributed by atoms with Gasteiger partial charge in [0.1, 0.15) is 0 Å². The molecular weight excluding hydrogens is 262 g/mol. The van der Waals surface area contributed by atoms with Crippen LogP contribution in [0.2, 0.25) is 0 Å². The van der Waals surface area contributed by atoms with Crippen LogP contribution < -0.4 is 5.32 Å². The van der Waals surface area contributed by atoms with Crippen LogP contribution in [-0.4, -0.2) is 24.1 Å². The second-order valence-corrected chi connectivity index (χ2v) is 8.60. The van der Waals surface area contributed by atoms with Gasteiger partial charge in [-0.05, 0) is 80.2 Å². The van der Waals surface area contributed by atoms with Crippen LogP contribution in [0.25, 0.3) is 0 Å². The molecule has 1 nitrogen and oxygen atoms in total. The molecule has 0 amide bonds. The first-order valence-electron chi connectivity index (χ1n) is 9.01. The number of hydrogen-bond donors (Lipinski definition) is 1. The minimum absolute atomic E-state index is 0.804. The van der Waals surface area contributed by atoms with E-state index >= 15 is 0 Å². The molecule has 1 saturated carbocycles. The maximum atomic E-state index is 3.92. The number of thioether (sulfide) groups is 1. The van der Waals surface area contributed by atoms with E-state index in [2.05, 4.69) is 37.8 Å². The van der Waals surface area contributed by atoms with Crippen LogP contribution in [-0.2, 0) is 0 Å². The maximum absolute atomic E-state index is 3.92. The minimum atomic E-state index is 0.804. The Bertz CT molecular complexity index is 262. The third-order valence-corrected chi connectivity index (χ3v) is 6.84. The maximum Gasteiger partial charge on any atom is 0.00980 e. The number of hydrogen-bond acceptors (Lipinski definition) is 2. The Morgan fingerprint density at radius 3 is 2.45 bits per heavy atom. The Balaban J connectivity index is 1.88. The molecule has 2 rings (SSSR count). The van der Waals surface area contributed by atoms with Crippen molar-refractivity contribution in [1.82, 2.24) is 5.32 Å². The highest BCUT2D eigenvalue weighted by Gasteiger charge is 2.31. The predicted octanol–water partition coefficient (Wildman–Crippen LogP) is 4.96. The van der Waals surface area contributed by atoms with Crippen molar-refractivity contribution in [3.63, 3.8) is 0 Å². The average molecular weight is 298 g/mol. The van der Waals surface area contributed by atoms with Crippen LogP contribution in [0.15, 0.2) is 0 Å². The molecule has 1 saturated heterocycles. The van der Waals surface area contributed by atoms with Crippen molar-refractivity contribution in [2.75, 3.05) is 18.1 Å². The zero-order valence-corrected chi connectivity index (χ0v) is 14.7. The molecule has 4 unspecified atom stereocenters. The van der Waals surface area contributed by atoms with E-state index in [-0.39, 0.29) is 0 Å². The summed E-state index contributed by atoms with van der Waals surface area (Å²) in [6.45, 7) is 8.44. The van der Waals surface area contributed by atoms with Crippen LogP contribution in [0.3, 0.4) is 0 Å². The monoisotopic (exact) mass is 297 g/mol. The topological polar surface area (TPSA) is 12.0 Å². The lowest BCUT2D eigenvalue weighted by molar-refractivity contribution is 0.155. The summed E-state index contributed by atoms with van der Waals surface area (Å²) in [5.41, 5.74) is 0. The van der Waals surface area contributed by atoms with Gasteiger partial charge in [0.25, 0.3) is 0 Å². The Labute approximate surface area is 131 Å². The van der Waals surface area contributed by atoms with Crippen LogP contribution in [0, 0.1) is 23.7 Å². The Hall–Kier alpha value is 0.310. The summed E-state index contributed by atoms with van der Waals surface area (Å²) in [6.07, 6.45) is 10.0. The first kappa shape index (κ1) is 16.7. The fourth-order valence-corrected chi connectivity index (χ4v) is 5.27. The summed E-state index contributed by atoms with van der Waals surface area (Å²) in [5, 5.41) is 3.92. The average Bonchev–Trinajstić information content (AvgIpc) is 2.47. The van der Waals surface area contributed by atoms with E-state index in [1.807, 2.05) is 0 Å². The van der Waals surface area contributed by atoms with Crippen LogP contribution in [0.1, 0.15) is 65.7 Å². The highest BCUT2D eigenvalue weighted by molar-refractivity contribution is 7.99. The molecule has 0 aromatic rings. The van der Waals surface area contributed by atoms with Crippen LogP contribution >= 0.6 is 11.8 Å². The molecular formula is C18H35NS. The van der Waals surface area contributed by atoms with Gasteiger partial charge in [-0.15, -0.1) is 0 Å². The van der Waals surface area contributed by atoms with Crippen molar-refractivity contribution < 1.29 is 0 Å². The summed E-state index contributed by atoms with van der Waals surface area (Å²) >= 11 is 2.16. The smallest absolute Gasteiger partial charge is 0.00980 e. The standard InChI is InChI=1S/C18H35NS/c1-4-9-19-18(13-16-7-10-20-11-8-16)17-6-5-14(2)15(3)12-17/h14-19H,4-13H2,1-3H3. The second kappa shape index (κ2) is 8.68. The van der Waals surface area contributed by atoms with Gasteiger partial charge in [-0.1, -0.05) is 27.2 Å². The predicted molar refractivity (Wildman–Crippen MR) is 92.4 cm³/mol. The summed E-state index contributed by atoms with van der Waals surface area (Å²) in [5.74, 6) is 6.64. The quantitative estimate of drug-likeness (QED) is 0.743. The molecule has 1 aliphatic carbocycles. The molecule has 2 fully saturated rings. The third-order valence-electron chi connectivity index (χ3n) is 5.79. The van der Waals surface area contributed by atoms with Gasteiger partial charge in [-0.25, -0.2) is 0 Å². The molecule has 2 aliphatic rings. The van der Waals surface area contributed by atoms with Crippen molar-refractivity contribution in [1.29, 1.82) is 0 Å². The minimum Gasteiger partial charge on any atom is -0.314 e. The Morgan fingerprint density at radius 1 is 1.05 bits per heavy atom. The van der Waals surface area contributed by atoms with Crippen molar-refractivity contribution in [2.24, 2.45) is 23.7 Å². The molecule has 0 spiro atoms. The van der Waals surface area contributed by atoms with E-state index in [9.17, 15) is 0 Å². The molecule has 20 heavy (non-hydrogen) atoms. The highest BCUT2D eigenvalue weighted by atomic mass is 32.2. The van der Waals surface area contributed by atoms with E-state index < -0.39 is 0 Å². The fourth-order valence-electron chi connectivity index (χ4n) is 4.07. The van der Waals surface area contributed by atoms with Gasteiger partial charge >= 0.3 is 0 Å². The molecule has 0 radical (unpaired) electrons. The number of nitrogens with one attached hydrogen (secondary N) is 1. The molecule has 2 heteroatoms. The van der Waals surface area contributed by atoms with E-state index in [1.165, 1.54) is 63.0 Å². The fraction of sp³-hybridized carbons (Fsp3) is 1.00. The first-order chi connectivity index (χ1) is 9.70. The number of rotatable bonds is 6. The largest absolute Gasteiger partial charge is 0.314 e. The van der Waals surface area contributed by atoms with Gasteiger partial charge in [-0.3, -0.25) is 0 Å². The molecule has 1 N–H and O–H groups in total. The van der Waals surface area contributed by atoms with Crippen molar-refractivity contribution in [3.05, 3.63) is 0 Å². The summed E-state index contributed by atoms with van der Waals surface area (Å²) in [7, 11) is 0. The molecule has 1 heterocycles. The van der Waals surface area contributed by atoms with Gasteiger partial charge in [0.15, 0.2) is 0 Å². The Morgan fingerprint density at radius 2 is 1.80 bits per heavy atom. The zero-order valence-electron chi connectivity index (χ0n) is 13.9. The van der Waals surface area contributed by atoms with Crippen LogP contribution in [0.5, 0.6) is 0 Å². The van der Waals surface area contributed by atoms with Gasteiger partial charge in [-0.2, -0.15) is 11.8 Å².